The second-order valence-electron chi connectivity index (χ2n) is 3.71. The SMILES string of the molecule is Cc1ccnn1CC(=O)N/N=C/c1cccnc1. The molecule has 0 spiro atoms. The van der Waals surface area contributed by atoms with Crippen LogP contribution in [0.15, 0.2) is 41.9 Å². The van der Waals surface area contributed by atoms with E-state index in [1.807, 2.05) is 19.1 Å². The summed E-state index contributed by atoms with van der Waals surface area (Å²) in [7, 11) is 0. The van der Waals surface area contributed by atoms with Crippen LogP contribution in [0.3, 0.4) is 0 Å². The van der Waals surface area contributed by atoms with E-state index in [2.05, 4.69) is 20.6 Å². The van der Waals surface area contributed by atoms with Gasteiger partial charge in [-0.1, -0.05) is 6.07 Å². The molecule has 0 aliphatic rings. The van der Waals surface area contributed by atoms with E-state index in [9.17, 15) is 4.79 Å². The van der Waals surface area contributed by atoms with Crippen LogP contribution in [0.5, 0.6) is 0 Å². The molecule has 2 aromatic rings. The fraction of sp³-hybridized carbons (Fsp3) is 0.167. The van der Waals surface area contributed by atoms with Crippen LogP contribution < -0.4 is 5.43 Å². The van der Waals surface area contributed by atoms with Crippen LogP contribution in [0.2, 0.25) is 0 Å². The third kappa shape index (κ3) is 3.24. The van der Waals surface area contributed by atoms with Crippen molar-refractivity contribution in [3.63, 3.8) is 0 Å². The van der Waals surface area contributed by atoms with Crippen molar-refractivity contribution in [3.8, 4) is 0 Å². The van der Waals surface area contributed by atoms with Gasteiger partial charge in [0.2, 0.25) is 0 Å². The molecule has 0 aliphatic carbocycles. The first kappa shape index (κ1) is 12.0. The molecule has 0 unspecified atom stereocenters. The molecule has 0 aromatic carbocycles. The second kappa shape index (κ2) is 5.72. The van der Waals surface area contributed by atoms with Gasteiger partial charge in [0.25, 0.3) is 5.91 Å². The molecule has 0 fully saturated rings. The Bertz CT molecular complexity index is 547. The Morgan fingerprint density at radius 1 is 1.50 bits per heavy atom. The van der Waals surface area contributed by atoms with E-state index < -0.39 is 0 Å². The van der Waals surface area contributed by atoms with Gasteiger partial charge in [0.05, 0.1) is 6.21 Å². The zero-order valence-corrected chi connectivity index (χ0v) is 9.95. The quantitative estimate of drug-likeness (QED) is 0.635. The van der Waals surface area contributed by atoms with E-state index in [0.717, 1.165) is 11.3 Å². The molecule has 0 atom stereocenters. The van der Waals surface area contributed by atoms with E-state index in [-0.39, 0.29) is 12.5 Å². The van der Waals surface area contributed by atoms with Crippen molar-refractivity contribution >= 4 is 12.1 Å². The largest absolute Gasteiger partial charge is 0.271 e. The van der Waals surface area contributed by atoms with Gasteiger partial charge >= 0.3 is 0 Å². The molecule has 6 nitrogen and oxygen atoms in total. The van der Waals surface area contributed by atoms with Crippen molar-refractivity contribution < 1.29 is 4.79 Å². The summed E-state index contributed by atoms with van der Waals surface area (Å²) in [6.07, 6.45) is 6.53. The Labute approximate surface area is 104 Å². The number of aromatic nitrogens is 3. The molecular formula is C12H13N5O. The monoisotopic (exact) mass is 243 g/mol. The van der Waals surface area contributed by atoms with Crippen LogP contribution in [-0.4, -0.2) is 26.9 Å². The van der Waals surface area contributed by atoms with E-state index in [4.69, 9.17) is 0 Å². The van der Waals surface area contributed by atoms with Crippen molar-refractivity contribution in [3.05, 3.63) is 48.0 Å². The maximum absolute atomic E-state index is 11.6. The van der Waals surface area contributed by atoms with E-state index in [1.165, 1.54) is 0 Å². The summed E-state index contributed by atoms with van der Waals surface area (Å²) in [4.78, 5) is 15.5. The highest BCUT2D eigenvalue weighted by atomic mass is 16.2. The van der Waals surface area contributed by atoms with Crippen LogP contribution in [0.25, 0.3) is 0 Å². The minimum absolute atomic E-state index is 0.156. The summed E-state index contributed by atoms with van der Waals surface area (Å²) in [5, 5.41) is 7.86. The van der Waals surface area contributed by atoms with Gasteiger partial charge in [0, 0.05) is 29.8 Å². The number of nitrogens with zero attached hydrogens (tertiary/aromatic N) is 4. The number of pyridine rings is 1. The van der Waals surface area contributed by atoms with Gasteiger partial charge in [-0.3, -0.25) is 14.5 Å². The number of rotatable bonds is 4. The number of carbonyl (C=O) groups is 1. The third-order valence-electron chi connectivity index (χ3n) is 2.31. The highest BCUT2D eigenvalue weighted by Gasteiger charge is 2.03. The summed E-state index contributed by atoms with van der Waals surface area (Å²) >= 11 is 0. The van der Waals surface area contributed by atoms with Crippen LogP contribution >= 0.6 is 0 Å². The van der Waals surface area contributed by atoms with Crippen LogP contribution in [0, 0.1) is 6.92 Å². The number of hydrogen-bond acceptors (Lipinski definition) is 4. The molecule has 0 saturated carbocycles. The van der Waals surface area contributed by atoms with E-state index in [0.29, 0.717) is 0 Å². The lowest BCUT2D eigenvalue weighted by Crippen LogP contribution is -2.24. The predicted octanol–water partition coefficient (Wildman–Crippen LogP) is 0.737. The number of hydrogen-bond donors (Lipinski definition) is 1. The van der Waals surface area contributed by atoms with Crippen LogP contribution in [0.4, 0.5) is 0 Å². The fourth-order valence-corrected chi connectivity index (χ4v) is 1.37. The molecule has 2 heterocycles. The Morgan fingerprint density at radius 3 is 3.06 bits per heavy atom. The highest BCUT2D eigenvalue weighted by Crippen LogP contribution is 1.95. The lowest BCUT2D eigenvalue weighted by atomic mass is 10.3. The number of nitrogens with one attached hydrogen (secondary N) is 1. The molecule has 0 saturated heterocycles. The maximum atomic E-state index is 11.6. The number of carbonyl (C=O) groups excluding carboxylic acids is 1. The highest BCUT2D eigenvalue weighted by molar-refractivity contribution is 5.81. The normalized spacial score (nSPS) is 10.7. The predicted molar refractivity (Wildman–Crippen MR) is 66.9 cm³/mol. The van der Waals surface area contributed by atoms with Gasteiger partial charge in [0.1, 0.15) is 6.54 Å². The Kier molecular flexibility index (Phi) is 3.80. The van der Waals surface area contributed by atoms with Crippen molar-refractivity contribution in [2.45, 2.75) is 13.5 Å². The summed E-state index contributed by atoms with van der Waals surface area (Å²) in [6.45, 7) is 2.04. The number of amides is 1. The van der Waals surface area contributed by atoms with Crippen LogP contribution in [-0.2, 0) is 11.3 Å². The van der Waals surface area contributed by atoms with E-state index in [1.54, 1.807) is 35.6 Å². The first-order valence-corrected chi connectivity index (χ1v) is 5.46. The maximum Gasteiger partial charge on any atom is 0.261 e. The molecular weight excluding hydrogens is 230 g/mol. The molecule has 1 N–H and O–H groups in total. The molecule has 92 valence electrons. The molecule has 0 bridgehead atoms. The second-order valence-corrected chi connectivity index (χ2v) is 3.71. The van der Waals surface area contributed by atoms with Gasteiger partial charge in [-0.25, -0.2) is 5.43 Å². The summed E-state index contributed by atoms with van der Waals surface area (Å²) in [5.74, 6) is -0.220. The van der Waals surface area contributed by atoms with Crippen molar-refractivity contribution in [2.24, 2.45) is 5.10 Å². The lowest BCUT2D eigenvalue weighted by molar-refractivity contribution is -0.121. The van der Waals surface area contributed by atoms with Gasteiger partial charge < -0.3 is 0 Å². The third-order valence-corrected chi connectivity index (χ3v) is 2.31. The number of hydrazone groups is 1. The fourth-order valence-electron chi connectivity index (χ4n) is 1.37. The first-order chi connectivity index (χ1) is 8.75. The zero-order chi connectivity index (χ0) is 12.8. The summed E-state index contributed by atoms with van der Waals surface area (Å²) in [5.41, 5.74) is 4.20. The van der Waals surface area contributed by atoms with Crippen LogP contribution in [0.1, 0.15) is 11.3 Å². The smallest absolute Gasteiger partial charge is 0.261 e. The summed E-state index contributed by atoms with van der Waals surface area (Å²) in [6, 6.07) is 5.49. The molecule has 6 heteroatoms. The average Bonchev–Trinajstić information content (AvgIpc) is 2.76. The molecule has 18 heavy (non-hydrogen) atoms. The van der Waals surface area contributed by atoms with Crippen molar-refractivity contribution in [2.75, 3.05) is 0 Å². The Balaban J connectivity index is 1.86. The van der Waals surface area contributed by atoms with Gasteiger partial charge in [-0.2, -0.15) is 10.2 Å². The van der Waals surface area contributed by atoms with Gasteiger partial charge in [0.15, 0.2) is 0 Å². The lowest BCUT2D eigenvalue weighted by Gasteiger charge is -2.02. The molecule has 1 amide bonds. The van der Waals surface area contributed by atoms with Gasteiger partial charge in [-0.15, -0.1) is 0 Å². The van der Waals surface area contributed by atoms with Crippen molar-refractivity contribution in [1.29, 1.82) is 0 Å². The Morgan fingerprint density at radius 2 is 2.39 bits per heavy atom. The zero-order valence-electron chi connectivity index (χ0n) is 9.95. The van der Waals surface area contributed by atoms with Crippen molar-refractivity contribution in [1.82, 2.24) is 20.2 Å². The summed E-state index contributed by atoms with van der Waals surface area (Å²) < 4.78 is 1.61. The average molecular weight is 243 g/mol. The van der Waals surface area contributed by atoms with E-state index >= 15 is 0 Å². The Hall–Kier alpha value is -2.50. The number of aryl methyl sites for hydroxylation is 1. The molecule has 0 aliphatic heterocycles. The standard InChI is InChI=1S/C12H13N5O/c1-10-4-6-15-17(10)9-12(18)16-14-8-11-3-2-5-13-7-11/h2-8H,9H2,1H3,(H,16,18)/b14-8+. The first-order valence-electron chi connectivity index (χ1n) is 5.46. The molecule has 2 rings (SSSR count). The topological polar surface area (TPSA) is 72.2 Å². The molecule has 2 aromatic heterocycles. The van der Waals surface area contributed by atoms with Gasteiger partial charge in [-0.05, 0) is 19.1 Å². The minimum atomic E-state index is -0.220. The minimum Gasteiger partial charge on any atom is -0.271 e. The molecule has 0 radical (unpaired) electrons.